The molecule has 0 saturated heterocycles. The SMILES string of the molecule is COc1cccc(SC2=C(Sc3cccc(OC)c3)SC(=C3SC(Sc4cccc(OC)c4)=C(Sc4cccc(OC)c4)S3)S2)c1. The molecule has 0 amide bonds. The van der Waals surface area contributed by atoms with Gasteiger partial charge < -0.3 is 18.9 Å². The van der Waals surface area contributed by atoms with E-state index < -0.39 is 0 Å². The average molecular weight is 757 g/mol. The Bertz CT molecular complexity index is 1560. The van der Waals surface area contributed by atoms with Gasteiger partial charge in [0.1, 0.15) is 23.0 Å². The maximum Gasteiger partial charge on any atom is 0.119 e. The third kappa shape index (κ3) is 8.76. The third-order valence-corrected chi connectivity index (χ3v) is 17.4. The highest BCUT2D eigenvalue weighted by Gasteiger charge is 2.32. The van der Waals surface area contributed by atoms with Crippen molar-refractivity contribution in [3.8, 4) is 23.0 Å². The summed E-state index contributed by atoms with van der Waals surface area (Å²) < 4.78 is 29.7. The Morgan fingerprint density at radius 1 is 0.370 bits per heavy atom. The van der Waals surface area contributed by atoms with Crippen molar-refractivity contribution in [2.75, 3.05) is 28.4 Å². The second-order valence-electron chi connectivity index (χ2n) is 9.26. The summed E-state index contributed by atoms with van der Waals surface area (Å²) in [5.74, 6) is 3.41. The van der Waals surface area contributed by atoms with Gasteiger partial charge in [0.2, 0.25) is 0 Å². The van der Waals surface area contributed by atoms with Crippen LogP contribution >= 0.6 is 94.1 Å². The van der Waals surface area contributed by atoms with Crippen LogP contribution in [0.5, 0.6) is 23.0 Å². The number of thioether (sulfide) groups is 8. The molecule has 4 aromatic rings. The first-order chi connectivity index (χ1) is 22.5. The Balaban J connectivity index is 1.31. The van der Waals surface area contributed by atoms with Crippen LogP contribution in [0.15, 0.2) is 142 Å². The lowest BCUT2D eigenvalue weighted by atomic mass is 10.3. The molecule has 4 aromatic carbocycles. The molecule has 2 aliphatic rings. The molecule has 0 unspecified atom stereocenters. The van der Waals surface area contributed by atoms with E-state index in [1.165, 1.54) is 25.4 Å². The zero-order chi connectivity index (χ0) is 31.9. The van der Waals surface area contributed by atoms with Gasteiger partial charge in [-0.15, -0.1) is 0 Å². The van der Waals surface area contributed by atoms with Crippen LogP contribution in [0.4, 0.5) is 0 Å². The second kappa shape index (κ2) is 16.5. The largest absolute Gasteiger partial charge is 0.497 e. The molecular weight excluding hydrogens is 729 g/mol. The Kier molecular flexibility index (Phi) is 12.2. The van der Waals surface area contributed by atoms with Crippen LogP contribution < -0.4 is 18.9 Å². The zero-order valence-electron chi connectivity index (χ0n) is 25.1. The fourth-order valence-corrected chi connectivity index (χ4v) is 15.7. The number of methoxy groups -OCH3 is 4. The van der Waals surface area contributed by atoms with Crippen molar-refractivity contribution in [1.82, 2.24) is 0 Å². The first-order valence-corrected chi connectivity index (χ1v) is 20.3. The van der Waals surface area contributed by atoms with E-state index in [0.717, 1.165) is 42.6 Å². The standard InChI is InChI=1S/C34H28O4S8/c1-35-21-9-5-13-25(17-21)39-29-30(40-26-14-6-10-22(18-26)36-2)44-33(43-29)34-45-31(41-27-15-7-11-23(19-27)37-3)32(46-34)42-28-16-8-12-24(20-28)38-4/h5-20H,1-4H3. The van der Waals surface area contributed by atoms with E-state index in [9.17, 15) is 0 Å². The maximum atomic E-state index is 5.52. The second-order valence-corrected chi connectivity index (χ2v) is 19.2. The zero-order valence-corrected chi connectivity index (χ0v) is 31.7. The van der Waals surface area contributed by atoms with Crippen LogP contribution in [0.25, 0.3) is 0 Å². The highest BCUT2D eigenvalue weighted by atomic mass is 32.3. The fourth-order valence-electron chi connectivity index (χ4n) is 4.05. The number of ether oxygens (including phenoxy) is 4. The highest BCUT2D eigenvalue weighted by Crippen LogP contribution is 2.68. The Morgan fingerprint density at radius 2 is 0.609 bits per heavy atom. The monoisotopic (exact) mass is 756 g/mol. The molecule has 0 bridgehead atoms. The van der Waals surface area contributed by atoms with Crippen LogP contribution in [0.1, 0.15) is 0 Å². The van der Waals surface area contributed by atoms with E-state index in [0.29, 0.717) is 0 Å². The van der Waals surface area contributed by atoms with Crippen molar-refractivity contribution in [1.29, 1.82) is 0 Å². The normalized spacial score (nSPS) is 14.7. The van der Waals surface area contributed by atoms with Gasteiger partial charge in [-0.2, -0.15) is 0 Å². The van der Waals surface area contributed by atoms with Gasteiger partial charge in [0.05, 0.1) is 53.9 Å². The first-order valence-electron chi connectivity index (χ1n) is 13.8. The van der Waals surface area contributed by atoms with Gasteiger partial charge in [-0.3, -0.25) is 0 Å². The van der Waals surface area contributed by atoms with Crippen LogP contribution in [-0.4, -0.2) is 28.4 Å². The van der Waals surface area contributed by atoms with Gasteiger partial charge in [-0.25, -0.2) is 0 Å². The van der Waals surface area contributed by atoms with Crippen molar-refractivity contribution in [3.63, 3.8) is 0 Å². The van der Waals surface area contributed by atoms with Crippen LogP contribution in [0, 0.1) is 0 Å². The van der Waals surface area contributed by atoms with Crippen molar-refractivity contribution in [2.24, 2.45) is 0 Å². The predicted octanol–water partition coefficient (Wildman–Crippen LogP) is 12.5. The van der Waals surface area contributed by atoms with Crippen molar-refractivity contribution in [2.45, 2.75) is 19.6 Å². The molecule has 0 saturated carbocycles. The molecule has 0 aliphatic carbocycles. The molecule has 4 nitrogen and oxygen atoms in total. The van der Waals surface area contributed by atoms with E-state index >= 15 is 0 Å². The molecule has 12 heteroatoms. The average Bonchev–Trinajstić information content (AvgIpc) is 3.68. The van der Waals surface area contributed by atoms with E-state index in [1.807, 2.05) is 95.6 Å². The van der Waals surface area contributed by atoms with Gasteiger partial charge in [0, 0.05) is 19.6 Å². The molecule has 0 aromatic heterocycles. The summed E-state index contributed by atoms with van der Waals surface area (Å²) in [5, 5.41) is 0. The predicted molar refractivity (Wildman–Crippen MR) is 207 cm³/mol. The molecule has 0 atom stereocenters. The molecule has 0 spiro atoms. The minimum absolute atomic E-state index is 0.853. The number of benzene rings is 4. The molecule has 0 radical (unpaired) electrons. The topological polar surface area (TPSA) is 36.9 Å². The third-order valence-electron chi connectivity index (χ3n) is 6.25. The smallest absolute Gasteiger partial charge is 0.119 e. The molecule has 2 aliphatic heterocycles. The van der Waals surface area contributed by atoms with E-state index in [1.54, 1.807) is 75.5 Å². The lowest BCUT2D eigenvalue weighted by molar-refractivity contribution is 0.413. The molecule has 0 fully saturated rings. The first kappa shape index (κ1) is 34.0. The van der Waals surface area contributed by atoms with Crippen molar-refractivity contribution in [3.05, 3.63) is 122 Å². The summed E-state index contributed by atoms with van der Waals surface area (Å²) in [4.78, 5) is 4.58. The summed E-state index contributed by atoms with van der Waals surface area (Å²) in [7, 11) is 6.83. The van der Waals surface area contributed by atoms with Crippen LogP contribution in [0.2, 0.25) is 0 Å². The molecule has 236 valence electrons. The minimum atomic E-state index is 0.853. The van der Waals surface area contributed by atoms with Gasteiger partial charge in [0.25, 0.3) is 0 Å². The summed E-state index contributed by atoms with van der Waals surface area (Å²) in [6, 6.07) is 33.0. The highest BCUT2D eigenvalue weighted by molar-refractivity contribution is 8.45. The molecule has 0 N–H and O–H groups in total. The minimum Gasteiger partial charge on any atom is -0.497 e. The quantitative estimate of drug-likeness (QED) is 0.138. The molecule has 46 heavy (non-hydrogen) atoms. The molecule has 2 heterocycles. The number of hydrogen-bond donors (Lipinski definition) is 0. The Labute approximate surface area is 304 Å². The Hall–Kier alpha value is -1.90. The summed E-state index contributed by atoms with van der Waals surface area (Å²) in [5.41, 5.74) is 0. The van der Waals surface area contributed by atoms with E-state index in [2.05, 4.69) is 48.5 Å². The van der Waals surface area contributed by atoms with Gasteiger partial charge in [0.15, 0.2) is 0 Å². The number of hydrogen-bond acceptors (Lipinski definition) is 12. The summed E-state index contributed by atoms with van der Waals surface area (Å²) in [6.45, 7) is 0. The van der Waals surface area contributed by atoms with Gasteiger partial charge >= 0.3 is 0 Å². The Morgan fingerprint density at radius 3 is 0.826 bits per heavy atom. The number of rotatable bonds is 12. The summed E-state index contributed by atoms with van der Waals surface area (Å²) >= 11 is 14.5. The van der Waals surface area contributed by atoms with E-state index in [4.69, 9.17) is 18.9 Å². The lowest BCUT2D eigenvalue weighted by Crippen LogP contribution is -1.83. The van der Waals surface area contributed by atoms with Gasteiger partial charge in [-0.1, -0.05) is 118 Å². The van der Waals surface area contributed by atoms with Gasteiger partial charge in [-0.05, 0) is 72.8 Å². The van der Waals surface area contributed by atoms with Crippen molar-refractivity contribution < 1.29 is 18.9 Å². The summed E-state index contributed by atoms with van der Waals surface area (Å²) in [6.07, 6.45) is 0. The van der Waals surface area contributed by atoms with Crippen LogP contribution in [0.3, 0.4) is 0 Å². The lowest BCUT2D eigenvalue weighted by Gasteiger charge is -2.07. The van der Waals surface area contributed by atoms with Crippen molar-refractivity contribution >= 4 is 94.1 Å². The van der Waals surface area contributed by atoms with Crippen LogP contribution in [-0.2, 0) is 0 Å². The fraction of sp³-hybridized carbons (Fsp3) is 0.118. The molecular formula is C34H28O4S8. The molecule has 6 rings (SSSR count). The maximum absolute atomic E-state index is 5.52. The van der Waals surface area contributed by atoms with E-state index in [-0.39, 0.29) is 0 Å².